The summed E-state index contributed by atoms with van der Waals surface area (Å²) in [6, 6.07) is 14.1. The molecule has 0 fully saturated rings. The topological polar surface area (TPSA) is 86.8 Å². The van der Waals surface area contributed by atoms with Gasteiger partial charge in [-0.2, -0.15) is 0 Å². The van der Waals surface area contributed by atoms with Gasteiger partial charge < -0.3 is 10.2 Å². The minimum atomic E-state index is -4.26. The molecule has 0 aromatic heterocycles. The molecule has 40 heavy (non-hydrogen) atoms. The zero-order valence-electron chi connectivity index (χ0n) is 22.3. The quantitative estimate of drug-likeness (QED) is 0.265. The summed E-state index contributed by atoms with van der Waals surface area (Å²) < 4.78 is 28.7. The van der Waals surface area contributed by atoms with Gasteiger partial charge in [0.2, 0.25) is 11.8 Å². The van der Waals surface area contributed by atoms with E-state index in [-0.39, 0.29) is 33.2 Å². The first kappa shape index (κ1) is 32.0. The summed E-state index contributed by atoms with van der Waals surface area (Å²) in [5, 5.41) is 3.88. The van der Waals surface area contributed by atoms with Crippen LogP contribution in [0.15, 0.2) is 65.6 Å². The molecule has 3 aromatic rings. The Morgan fingerprint density at radius 2 is 1.45 bits per heavy atom. The van der Waals surface area contributed by atoms with E-state index in [1.165, 1.54) is 41.3 Å². The van der Waals surface area contributed by atoms with Crippen LogP contribution in [0.25, 0.3) is 0 Å². The average molecular weight is 645 g/mol. The van der Waals surface area contributed by atoms with Crippen LogP contribution in [0.4, 0.5) is 5.69 Å². The van der Waals surface area contributed by atoms with Crippen molar-refractivity contribution in [2.24, 2.45) is 0 Å². The molecule has 2 amide bonds. The standard InChI is InChI=1S/C28H29Cl4N3O4S/c1-17(2)33-28(37)19(4)34(15-20-7-8-21(29)14-26(20)32)27(36)16-35(24-12-22(30)11-23(31)13-24)40(38,39)25-9-5-18(3)6-10-25/h5-14,17,19H,15-16H2,1-4H3,(H,33,37)/t19-/m1/s1. The van der Waals surface area contributed by atoms with Gasteiger partial charge in [-0.1, -0.05) is 70.2 Å². The third-order valence-corrected chi connectivity index (χ3v) is 8.79. The Morgan fingerprint density at radius 3 is 2.00 bits per heavy atom. The van der Waals surface area contributed by atoms with E-state index in [0.29, 0.717) is 15.6 Å². The van der Waals surface area contributed by atoms with Crippen molar-refractivity contribution in [3.05, 3.63) is 91.9 Å². The number of nitrogens with zero attached hydrogens (tertiary/aromatic N) is 2. The van der Waals surface area contributed by atoms with Gasteiger partial charge in [0.25, 0.3) is 10.0 Å². The molecule has 0 bridgehead atoms. The van der Waals surface area contributed by atoms with Crippen LogP contribution >= 0.6 is 46.4 Å². The number of hydrogen-bond donors (Lipinski definition) is 1. The number of anilines is 1. The summed E-state index contributed by atoms with van der Waals surface area (Å²) in [6.45, 7) is 6.27. The Bertz CT molecular complexity index is 1480. The van der Waals surface area contributed by atoms with Crippen LogP contribution in [0, 0.1) is 6.92 Å². The summed E-state index contributed by atoms with van der Waals surface area (Å²) in [6.07, 6.45) is 0. The van der Waals surface area contributed by atoms with E-state index >= 15 is 0 Å². The van der Waals surface area contributed by atoms with Gasteiger partial charge in [-0.05, 0) is 75.7 Å². The summed E-state index contributed by atoms with van der Waals surface area (Å²) in [5.41, 5.74) is 1.49. The number of benzene rings is 3. The van der Waals surface area contributed by atoms with Crippen molar-refractivity contribution in [3.8, 4) is 0 Å². The van der Waals surface area contributed by atoms with Crippen LogP contribution < -0.4 is 9.62 Å². The third kappa shape index (κ3) is 8.04. The lowest BCUT2D eigenvalue weighted by molar-refractivity contribution is -0.139. The number of rotatable bonds is 10. The SMILES string of the molecule is Cc1ccc(S(=O)(=O)N(CC(=O)N(Cc2ccc(Cl)cc2Cl)[C@H](C)C(=O)NC(C)C)c2cc(Cl)cc(Cl)c2)cc1. The first-order valence-corrected chi connectivity index (χ1v) is 15.2. The summed E-state index contributed by atoms with van der Waals surface area (Å²) in [7, 11) is -4.26. The number of carbonyl (C=O) groups is 2. The molecule has 0 saturated carbocycles. The lowest BCUT2D eigenvalue weighted by atomic mass is 10.1. The Labute approximate surface area is 255 Å². The molecule has 0 aliphatic carbocycles. The molecular formula is C28H29Cl4N3O4S. The Balaban J connectivity index is 2.09. The molecule has 0 saturated heterocycles. The van der Waals surface area contributed by atoms with Crippen LogP contribution in [0.3, 0.4) is 0 Å². The lowest BCUT2D eigenvalue weighted by Gasteiger charge is -2.32. The van der Waals surface area contributed by atoms with Crippen LogP contribution in [0.2, 0.25) is 20.1 Å². The fourth-order valence-corrected chi connectivity index (χ4v) is 6.25. The van der Waals surface area contributed by atoms with Crippen molar-refractivity contribution in [2.45, 2.75) is 51.2 Å². The highest BCUT2D eigenvalue weighted by atomic mass is 35.5. The lowest BCUT2D eigenvalue weighted by Crippen LogP contribution is -2.52. The van der Waals surface area contributed by atoms with E-state index in [4.69, 9.17) is 46.4 Å². The van der Waals surface area contributed by atoms with Crippen molar-refractivity contribution in [1.82, 2.24) is 10.2 Å². The van der Waals surface area contributed by atoms with E-state index < -0.39 is 34.4 Å². The predicted molar refractivity (Wildman–Crippen MR) is 162 cm³/mol. The van der Waals surface area contributed by atoms with Crippen molar-refractivity contribution >= 4 is 73.9 Å². The molecule has 0 heterocycles. The minimum absolute atomic E-state index is 0.0279. The molecule has 0 unspecified atom stereocenters. The van der Waals surface area contributed by atoms with Crippen LogP contribution in [-0.4, -0.2) is 43.8 Å². The van der Waals surface area contributed by atoms with Crippen molar-refractivity contribution in [1.29, 1.82) is 0 Å². The average Bonchev–Trinajstić information content (AvgIpc) is 2.85. The molecule has 7 nitrogen and oxygen atoms in total. The first-order valence-electron chi connectivity index (χ1n) is 12.3. The normalized spacial score (nSPS) is 12.2. The molecule has 12 heteroatoms. The number of carbonyl (C=O) groups excluding carboxylic acids is 2. The third-order valence-electron chi connectivity index (χ3n) is 5.98. The van der Waals surface area contributed by atoms with Gasteiger partial charge in [-0.15, -0.1) is 0 Å². The maximum atomic E-state index is 13.9. The maximum absolute atomic E-state index is 13.9. The fraction of sp³-hybridized carbons (Fsp3) is 0.286. The molecule has 0 radical (unpaired) electrons. The minimum Gasteiger partial charge on any atom is -0.352 e. The molecule has 3 rings (SSSR count). The second-order valence-corrected chi connectivity index (χ2v) is 13.1. The van der Waals surface area contributed by atoms with E-state index in [0.717, 1.165) is 9.87 Å². The molecule has 1 atom stereocenters. The van der Waals surface area contributed by atoms with E-state index in [9.17, 15) is 18.0 Å². The summed E-state index contributed by atoms with van der Waals surface area (Å²) in [4.78, 5) is 28.2. The van der Waals surface area contributed by atoms with Crippen LogP contribution in [-0.2, 0) is 26.2 Å². The van der Waals surface area contributed by atoms with Gasteiger partial charge >= 0.3 is 0 Å². The van der Waals surface area contributed by atoms with E-state index in [2.05, 4.69) is 5.32 Å². The smallest absolute Gasteiger partial charge is 0.264 e. The highest BCUT2D eigenvalue weighted by molar-refractivity contribution is 7.92. The second-order valence-electron chi connectivity index (χ2n) is 9.55. The molecule has 1 N–H and O–H groups in total. The molecule has 0 spiro atoms. The predicted octanol–water partition coefficient (Wildman–Crippen LogP) is 6.75. The van der Waals surface area contributed by atoms with Gasteiger partial charge in [-0.3, -0.25) is 13.9 Å². The van der Waals surface area contributed by atoms with Gasteiger partial charge in [-0.25, -0.2) is 8.42 Å². The van der Waals surface area contributed by atoms with Gasteiger partial charge in [0.05, 0.1) is 10.6 Å². The molecular weight excluding hydrogens is 616 g/mol. The van der Waals surface area contributed by atoms with Gasteiger partial charge in [0.15, 0.2) is 0 Å². The number of nitrogens with one attached hydrogen (secondary N) is 1. The monoisotopic (exact) mass is 643 g/mol. The zero-order valence-corrected chi connectivity index (χ0v) is 26.1. The largest absolute Gasteiger partial charge is 0.352 e. The number of aryl methyl sites for hydroxylation is 1. The fourth-order valence-electron chi connectivity index (χ4n) is 3.87. The van der Waals surface area contributed by atoms with Crippen molar-refractivity contribution < 1.29 is 18.0 Å². The number of hydrogen-bond acceptors (Lipinski definition) is 4. The van der Waals surface area contributed by atoms with E-state index in [1.54, 1.807) is 45.0 Å². The molecule has 214 valence electrons. The van der Waals surface area contributed by atoms with Crippen LogP contribution in [0.5, 0.6) is 0 Å². The Morgan fingerprint density at radius 1 is 0.850 bits per heavy atom. The summed E-state index contributed by atoms with van der Waals surface area (Å²) in [5.74, 6) is -1.06. The highest BCUT2D eigenvalue weighted by Crippen LogP contribution is 2.30. The Kier molecular flexibility index (Phi) is 10.8. The van der Waals surface area contributed by atoms with E-state index in [1.807, 2.05) is 6.92 Å². The Hall–Kier alpha value is -2.49. The van der Waals surface area contributed by atoms with Gasteiger partial charge in [0, 0.05) is 32.7 Å². The summed E-state index contributed by atoms with van der Waals surface area (Å²) >= 11 is 24.8. The number of halogens is 4. The molecule has 3 aromatic carbocycles. The maximum Gasteiger partial charge on any atom is 0.264 e. The molecule has 0 aliphatic heterocycles. The van der Waals surface area contributed by atoms with Crippen LogP contribution in [0.1, 0.15) is 31.9 Å². The highest BCUT2D eigenvalue weighted by Gasteiger charge is 2.33. The number of sulfonamides is 1. The zero-order chi connectivity index (χ0) is 29.8. The van der Waals surface area contributed by atoms with Crippen molar-refractivity contribution in [3.63, 3.8) is 0 Å². The number of amides is 2. The molecule has 0 aliphatic rings. The van der Waals surface area contributed by atoms with Crippen molar-refractivity contribution in [2.75, 3.05) is 10.8 Å². The van der Waals surface area contributed by atoms with Gasteiger partial charge in [0.1, 0.15) is 12.6 Å². The second kappa shape index (κ2) is 13.4. The first-order chi connectivity index (χ1) is 18.7.